The van der Waals surface area contributed by atoms with Gasteiger partial charge in [0, 0.05) is 26.1 Å². The lowest BCUT2D eigenvalue weighted by molar-refractivity contribution is -0.130. The van der Waals surface area contributed by atoms with E-state index < -0.39 is 9.84 Å². The summed E-state index contributed by atoms with van der Waals surface area (Å²) in [6.07, 6.45) is 4.91. The van der Waals surface area contributed by atoms with Gasteiger partial charge in [0.1, 0.15) is 5.82 Å². The second kappa shape index (κ2) is 7.03. The number of aromatic nitrogens is 3. The number of fused-ring (bicyclic) bond motifs is 1. The zero-order valence-corrected chi connectivity index (χ0v) is 15.8. The third kappa shape index (κ3) is 3.77. The number of carbonyl (C=O) groups is 1. The Hall–Kier alpha value is -1.09. The molecule has 3 heterocycles. The smallest absolute Gasteiger partial charge is 0.235 e. The van der Waals surface area contributed by atoms with Gasteiger partial charge in [-0.2, -0.15) is 0 Å². The van der Waals surface area contributed by atoms with Crippen molar-refractivity contribution in [3.05, 3.63) is 5.82 Å². The Kier molecular flexibility index (Phi) is 5.19. The number of thioether (sulfide) groups is 1. The zero-order chi connectivity index (χ0) is 17.3. The van der Waals surface area contributed by atoms with Crippen molar-refractivity contribution in [1.29, 1.82) is 0 Å². The van der Waals surface area contributed by atoms with Crippen LogP contribution in [0.3, 0.4) is 0 Å². The number of carbonyl (C=O) groups excluding carboxylic acids is 1. The summed E-state index contributed by atoms with van der Waals surface area (Å²) >= 11 is 1.42. The van der Waals surface area contributed by atoms with Crippen LogP contribution in [0.2, 0.25) is 0 Å². The summed E-state index contributed by atoms with van der Waals surface area (Å²) in [6.45, 7) is 2.76. The van der Waals surface area contributed by atoms with Crippen LogP contribution >= 0.6 is 11.8 Å². The number of hydrogen-bond donors (Lipinski definition) is 0. The van der Waals surface area contributed by atoms with Crippen LogP contribution in [0.4, 0.5) is 0 Å². The van der Waals surface area contributed by atoms with Crippen LogP contribution < -0.4 is 0 Å². The number of aryl methyl sites for hydroxylation is 1. The molecule has 2 aliphatic heterocycles. The van der Waals surface area contributed by atoms with E-state index in [0.29, 0.717) is 6.42 Å². The Morgan fingerprint density at radius 3 is 2.83 bits per heavy atom. The lowest BCUT2D eigenvalue weighted by Gasteiger charge is -2.26. The molecule has 0 aliphatic carbocycles. The number of amides is 1. The third-order valence-electron chi connectivity index (χ3n) is 4.81. The highest BCUT2D eigenvalue weighted by molar-refractivity contribution is 8.00. The molecule has 0 aromatic carbocycles. The van der Waals surface area contributed by atoms with Gasteiger partial charge in [0.05, 0.1) is 16.8 Å². The van der Waals surface area contributed by atoms with E-state index in [9.17, 15) is 13.2 Å². The SMILES string of the molecule is C[C@@H](Sc1nnc2n1CCCCC2)C(=O)N(C)[C@@H]1CCS(=O)(=O)C1. The standard InChI is InChI=1S/C15H24N4O3S2/c1-11(14(20)18(2)12-7-9-24(21,22)10-12)23-15-17-16-13-6-4-3-5-8-19(13)15/h11-12H,3-10H2,1-2H3/t11-,12-/m1/s1. The van der Waals surface area contributed by atoms with Gasteiger partial charge in [-0.1, -0.05) is 18.2 Å². The molecule has 24 heavy (non-hydrogen) atoms. The summed E-state index contributed by atoms with van der Waals surface area (Å²) in [5, 5.41) is 8.99. The summed E-state index contributed by atoms with van der Waals surface area (Å²) in [6, 6.07) is -0.207. The molecule has 9 heteroatoms. The predicted octanol–water partition coefficient (Wildman–Crippen LogP) is 1.13. The van der Waals surface area contributed by atoms with Gasteiger partial charge in [0.15, 0.2) is 15.0 Å². The van der Waals surface area contributed by atoms with Gasteiger partial charge in [-0.25, -0.2) is 8.42 Å². The van der Waals surface area contributed by atoms with Gasteiger partial charge in [-0.15, -0.1) is 10.2 Å². The molecule has 134 valence electrons. The van der Waals surface area contributed by atoms with E-state index in [0.717, 1.165) is 36.8 Å². The highest BCUT2D eigenvalue weighted by Gasteiger charge is 2.34. The first-order valence-corrected chi connectivity index (χ1v) is 11.1. The van der Waals surface area contributed by atoms with Crippen LogP contribution in [-0.4, -0.2) is 63.8 Å². The van der Waals surface area contributed by atoms with E-state index in [1.54, 1.807) is 11.9 Å². The van der Waals surface area contributed by atoms with E-state index in [4.69, 9.17) is 0 Å². The van der Waals surface area contributed by atoms with Crippen molar-refractivity contribution in [2.24, 2.45) is 0 Å². The van der Waals surface area contributed by atoms with E-state index >= 15 is 0 Å². The lowest BCUT2D eigenvalue weighted by atomic mass is 10.2. The molecule has 1 aromatic rings. The summed E-state index contributed by atoms with van der Waals surface area (Å²) in [4.78, 5) is 14.3. The minimum absolute atomic E-state index is 0.0481. The molecule has 2 aliphatic rings. The fraction of sp³-hybridized carbons (Fsp3) is 0.800. The minimum atomic E-state index is -2.99. The van der Waals surface area contributed by atoms with Gasteiger partial charge in [-0.3, -0.25) is 4.79 Å². The molecule has 0 N–H and O–H groups in total. The topological polar surface area (TPSA) is 85.2 Å². The third-order valence-corrected chi connectivity index (χ3v) is 7.63. The average molecular weight is 373 g/mol. The van der Waals surface area contributed by atoms with Crippen LogP contribution in [0.1, 0.15) is 38.4 Å². The van der Waals surface area contributed by atoms with E-state index in [2.05, 4.69) is 14.8 Å². The first-order chi connectivity index (χ1) is 11.4. The van der Waals surface area contributed by atoms with Crippen molar-refractivity contribution in [1.82, 2.24) is 19.7 Å². The van der Waals surface area contributed by atoms with Crippen LogP contribution in [0.15, 0.2) is 5.16 Å². The fourth-order valence-corrected chi connectivity index (χ4v) is 6.07. The first kappa shape index (κ1) is 17.7. The lowest BCUT2D eigenvalue weighted by Crippen LogP contribution is -2.41. The maximum atomic E-state index is 12.7. The number of hydrogen-bond acceptors (Lipinski definition) is 6. The number of nitrogens with zero attached hydrogens (tertiary/aromatic N) is 4. The van der Waals surface area contributed by atoms with Crippen LogP contribution in [-0.2, 0) is 27.6 Å². The molecule has 0 unspecified atom stereocenters. The van der Waals surface area contributed by atoms with E-state index in [1.807, 2.05) is 6.92 Å². The molecular weight excluding hydrogens is 348 g/mol. The van der Waals surface area contributed by atoms with Crippen molar-refractivity contribution >= 4 is 27.5 Å². The summed E-state index contributed by atoms with van der Waals surface area (Å²) in [5.41, 5.74) is 0. The Morgan fingerprint density at radius 1 is 1.33 bits per heavy atom. The van der Waals surface area contributed by atoms with E-state index in [-0.39, 0.29) is 28.7 Å². The molecule has 0 spiro atoms. The van der Waals surface area contributed by atoms with Gasteiger partial charge in [-0.05, 0) is 26.2 Å². The maximum absolute atomic E-state index is 12.7. The summed E-state index contributed by atoms with van der Waals surface area (Å²) < 4.78 is 25.4. The Labute approximate surface area is 147 Å². The molecule has 2 atom stereocenters. The molecule has 0 bridgehead atoms. The second-order valence-electron chi connectivity index (χ2n) is 6.63. The van der Waals surface area contributed by atoms with E-state index in [1.165, 1.54) is 18.2 Å². The largest absolute Gasteiger partial charge is 0.341 e. The minimum Gasteiger partial charge on any atom is -0.341 e. The van der Waals surface area contributed by atoms with Gasteiger partial charge < -0.3 is 9.47 Å². The second-order valence-corrected chi connectivity index (χ2v) is 10.2. The van der Waals surface area contributed by atoms with Crippen molar-refractivity contribution in [2.75, 3.05) is 18.6 Å². The molecule has 1 saturated heterocycles. The number of rotatable bonds is 4. The normalized spacial score (nSPS) is 24.2. The average Bonchev–Trinajstić information content (AvgIpc) is 3.00. The molecule has 1 fully saturated rings. The maximum Gasteiger partial charge on any atom is 0.235 e. The Balaban J connectivity index is 1.65. The van der Waals surface area contributed by atoms with Crippen LogP contribution in [0, 0.1) is 0 Å². The summed E-state index contributed by atoms with van der Waals surface area (Å²) in [5.74, 6) is 1.21. The highest BCUT2D eigenvalue weighted by atomic mass is 32.2. The first-order valence-electron chi connectivity index (χ1n) is 8.43. The molecule has 1 amide bonds. The van der Waals surface area contributed by atoms with Crippen molar-refractivity contribution in [2.45, 2.75) is 62.0 Å². The Morgan fingerprint density at radius 2 is 2.12 bits per heavy atom. The molecule has 7 nitrogen and oxygen atoms in total. The van der Waals surface area contributed by atoms with Gasteiger partial charge >= 0.3 is 0 Å². The van der Waals surface area contributed by atoms with Gasteiger partial charge in [0.25, 0.3) is 0 Å². The van der Waals surface area contributed by atoms with Crippen LogP contribution in [0.5, 0.6) is 0 Å². The van der Waals surface area contributed by atoms with Crippen molar-refractivity contribution in [3.63, 3.8) is 0 Å². The highest BCUT2D eigenvalue weighted by Crippen LogP contribution is 2.27. The molecule has 0 saturated carbocycles. The molecule has 1 aromatic heterocycles. The van der Waals surface area contributed by atoms with Crippen LogP contribution in [0.25, 0.3) is 0 Å². The fourth-order valence-electron chi connectivity index (χ4n) is 3.30. The van der Waals surface area contributed by atoms with Crippen molar-refractivity contribution < 1.29 is 13.2 Å². The molecule has 3 rings (SSSR count). The number of sulfone groups is 1. The molecular formula is C15H24N4O3S2. The molecule has 0 radical (unpaired) electrons. The predicted molar refractivity (Wildman–Crippen MR) is 92.7 cm³/mol. The van der Waals surface area contributed by atoms with Gasteiger partial charge in [0.2, 0.25) is 5.91 Å². The van der Waals surface area contributed by atoms with Crippen molar-refractivity contribution in [3.8, 4) is 0 Å². The quantitative estimate of drug-likeness (QED) is 0.737. The zero-order valence-electron chi connectivity index (χ0n) is 14.1. The summed E-state index contributed by atoms with van der Waals surface area (Å²) in [7, 11) is -1.29. The monoisotopic (exact) mass is 372 g/mol. The Bertz CT molecular complexity index is 716.